The SMILES string of the molecule is CC(C)(C)c1cc(C=NNC(=O)c2ccc(O)cc2)cc(C(C)(C)C)c1O. The Morgan fingerprint density at radius 1 is 0.926 bits per heavy atom. The van der Waals surface area contributed by atoms with Crippen molar-refractivity contribution in [1.29, 1.82) is 0 Å². The molecule has 2 aromatic rings. The molecule has 0 aliphatic heterocycles. The third-order valence-corrected chi connectivity index (χ3v) is 4.26. The van der Waals surface area contributed by atoms with Crippen molar-refractivity contribution in [1.82, 2.24) is 5.43 Å². The molecule has 144 valence electrons. The minimum absolute atomic E-state index is 0.101. The third-order valence-electron chi connectivity index (χ3n) is 4.26. The topological polar surface area (TPSA) is 81.9 Å². The number of amides is 1. The largest absolute Gasteiger partial charge is 0.508 e. The van der Waals surface area contributed by atoms with Gasteiger partial charge in [0.05, 0.1) is 6.21 Å². The molecule has 0 aliphatic rings. The maximum Gasteiger partial charge on any atom is 0.271 e. The predicted molar refractivity (Wildman–Crippen MR) is 109 cm³/mol. The Balaban J connectivity index is 2.31. The van der Waals surface area contributed by atoms with E-state index in [0.29, 0.717) is 11.3 Å². The van der Waals surface area contributed by atoms with Crippen LogP contribution < -0.4 is 5.43 Å². The van der Waals surface area contributed by atoms with Crippen molar-refractivity contribution in [3.63, 3.8) is 0 Å². The van der Waals surface area contributed by atoms with Crippen LogP contribution in [0.4, 0.5) is 0 Å². The van der Waals surface area contributed by atoms with Crippen LogP contribution in [-0.4, -0.2) is 22.3 Å². The molecule has 0 aliphatic carbocycles. The van der Waals surface area contributed by atoms with Crippen molar-refractivity contribution < 1.29 is 15.0 Å². The molecule has 0 saturated heterocycles. The summed E-state index contributed by atoms with van der Waals surface area (Å²) in [7, 11) is 0. The van der Waals surface area contributed by atoms with E-state index in [1.54, 1.807) is 6.21 Å². The van der Waals surface area contributed by atoms with E-state index in [9.17, 15) is 15.0 Å². The summed E-state index contributed by atoms with van der Waals surface area (Å²) in [4.78, 5) is 12.1. The second-order valence-electron chi connectivity index (χ2n) is 8.71. The van der Waals surface area contributed by atoms with Crippen LogP contribution in [0.5, 0.6) is 11.5 Å². The van der Waals surface area contributed by atoms with Crippen LogP contribution in [0, 0.1) is 0 Å². The number of benzene rings is 2. The van der Waals surface area contributed by atoms with Crippen molar-refractivity contribution in [3.8, 4) is 11.5 Å². The van der Waals surface area contributed by atoms with Crippen molar-refractivity contribution in [2.24, 2.45) is 5.10 Å². The lowest BCUT2D eigenvalue weighted by molar-refractivity contribution is 0.0955. The van der Waals surface area contributed by atoms with Gasteiger partial charge in [-0.1, -0.05) is 41.5 Å². The molecule has 2 aromatic carbocycles. The molecule has 0 spiro atoms. The van der Waals surface area contributed by atoms with E-state index >= 15 is 0 Å². The molecule has 2 rings (SSSR count). The first kappa shape index (κ1) is 20.5. The number of phenols is 2. The molecule has 0 bridgehead atoms. The van der Waals surface area contributed by atoms with Gasteiger partial charge in [0.1, 0.15) is 11.5 Å². The van der Waals surface area contributed by atoms with Crippen molar-refractivity contribution in [2.45, 2.75) is 52.4 Å². The fourth-order valence-electron chi connectivity index (χ4n) is 2.72. The zero-order valence-corrected chi connectivity index (χ0v) is 16.8. The number of hydrogen-bond acceptors (Lipinski definition) is 4. The number of phenolic OH excluding ortho intramolecular Hbond substituents is 2. The summed E-state index contributed by atoms with van der Waals surface area (Å²) in [6.45, 7) is 12.3. The predicted octanol–water partition coefficient (Wildman–Crippen LogP) is 4.46. The Morgan fingerprint density at radius 3 is 1.85 bits per heavy atom. The van der Waals surface area contributed by atoms with E-state index in [0.717, 1.165) is 16.7 Å². The fourth-order valence-corrected chi connectivity index (χ4v) is 2.72. The van der Waals surface area contributed by atoms with Crippen LogP contribution >= 0.6 is 0 Å². The Morgan fingerprint density at radius 2 is 1.41 bits per heavy atom. The van der Waals surface area contributed by atoms with Gasteiger partial charge in [-0.15, -0.1) is 0 Å². The van der Waals surface area contributed by atoms with Crippen molar-refractivity contribution in [2.75, 3.05) is 0 Å². The lowest BCUT2D eigenvalue weighted by Gasteiger charge is -2.27. The molecule has 0 atom stereocenters. The zero-order chi connectivity index (χ0) is 20.4. The third kappa shape index (κ3) is 5.09. The minimum Gasteiger partial charge on any atom is -0.508 e. The Bertz CT molecular complexity index is 820. The van der Waals surface area contributed by atoms with Crippen LogP contribution in [0.15, 0.2) is 41.5 Å². The molecule has 0 heterocycles. The van der Waals surface area contributed by atoms with Gasteiger partial charge in [0.2, 0.25) is 0 Å². The number of carbonyl (C=O) groups excluding carboxylic acids is 1. The Labute approximate surface area is 160 Å². The van der Waals surface area contributed by atoms with Crippen LogP contribution in [-0.2, 0) is 10.8 Å². The standard InChI is InChI=1S/C22H28N2O3/c1-21(2,3)17-11-14(12-18(19(17)26)22(4,5)6)13-23-24-20(27)15-7-9-16(25)10-8-15/h7-13,25-26H,1-6H3,(H,24,27). The van der Waals surface area contributed by atoms with Gasteiger partial charge in [-0.2, -0.15) is 5.10 Å². The highest BCUT2D eigenvalue weighted by molar-refractivity contribution is 5.95. The molecule has 27 heavy (non-hydrogen) atoms. The van der Waals surface area contributed by atoms with Crippen LogP contribution in [0.3, 0.4) is 0 Å². The van der Waals surface area contributed by atoms with Gasteiger partial charge in [-0.05, 0) is 52.8 Å². The lowest BCUT2D eigenvalue weighted by atomic mass is 9.78. The first-order chi connectivity index (χ1) is 12.4. The fraction of sp³-hybridized carbons (Fsp3) is 0.364. The highest BCUT2D eigenvalue weighted by Crippen LogP contribution is 2.39. The number of rotatable bonds is 3. The van der Waals surface area contributed by atoms with Crippen LogP contribution in [0.25, 0.3) is 0 Å². The summed E-state index contributed by atoms with van der Waals surface area (Å²) in [6.07, 6.45) is 1.57. The average molecular weight is 368 g/mol. The maximum absolute atomic E-state index is 12.1. The van der Waals surface area contributed by atoms with Crippen LogP contribution in [0.2, 0.25) is 0 Å². The summed E-state index contributed by atoms with van der Waals surface area (Å²) in [5.74, 6) is 0.0426. The second kappa shape index (κ2) is 7.43. The molecular weight excluding hydrogens is 340 g/mol. The number of aromatic hydroxyl groups is 2. The number of carbonyl (C=O) groups is 1. The van der Waals surface area contributed by atoms with E-state index in [-0.39, 0.29) is 22.5 Å². The number of hydrazone groups is 1. The van der Waals surface area contributed by atoms with Gasteiger partial charge < -0.3 is 10.2 Å². The summed E-state index contributed by atoms with van der Waals surface area (Å²) in [6, 6.07) is 9.72. The average Bonchev–Trinajstić information content (AvgIpc) is 2.54. The van der Waals surface area contributed by atoms with Crippen molar-refractivity contribution in [3.05, 3.63) is 58.7 Å². The summed E-state index contributed by atoms with van der Waals surface area (Å²) in [5, 5.41) is 24.1. The Kier molecular flexibility index (Phi) is 5.64. The molecule has 0 unspecified atom stereocenters. The van der Waals surface area contributed by atoms with E-state index in [2.05, 4.69) is 10.5 Å². The molecular formula is C22H28N2O3. The maximum atomic E-state index is 12.1. The van der Waals surface area contributed by atoms with E-state index in [1.165, 1.54) is 24.3 Å². The second-order valence-corrected chi connectivity index (χ2v) is 8.71. The zero-order valence-electron chi connectivity index (χ0n) is 16.8. The molecule has 1 amide bonds. The summed E-state index contributed by atoms with van der Waals surface area (Å²) >= 11 is 0. The van der Waals surface area contributed by atoms with Gasteiger partial charge in [0.15, 0.2) is 0 Å². The van der Waals surface area contributed by atoms with Crippen molar-refractivity contribution >= 4 is 12.1 Å². The lowest BCUT2D eigenvalue weighted by Crippen LogP contribution is -2.19. The van der Waals surface area contributed by atoms with Crippen LogP contribution in [0.1, 0.15) is 68.6 Å². The van der Waals surface area contributed by atoms with Gasteiger partial charge in [0, 0.05) is 16.7 Å². The Hall–Kier alpha value is -2.82. The molecule has 5 nitrogen and oxygen atoms in total. The van der Waals surface area contributed by atoms with E-state index < -0.39 is 0 Å². The minimum atomic E-state index is -0.364. The molecule has 3 N–H and O–H groups in total. The molecule has 0 aromatic heterocycles. The molecule has 5 heteroatoms. The summed E-state index contributed by atoms with van der Waals surface area (Å²) < 4.78 is 0. The smallest absolute Gasteiger partial charge is 0.271 e. The van der Waals surface area contributed by atoms with E-state index in [1.807, 2.05) is 53.7 Å². The monoisotopic (exact) mass is 368 g/mol. The van der Waals surface area contributed by atoms with Gasteiger partial charge in [-0.3, -0.25) is 4.79 Å². The molecule has 0 saturated carbocycles. The van der Waals surface area contributed by atoms with Gasteiger partial charge >= 0.3 is 0 Å². The quantitative estimate of drug-likeness (QED) is 0.553. The molecule has 0 radical (unpaired) electrons. The highest BCUT2D eigenvalue weighted by atomic mass is 16.3. The number of hydrogen-bond donors (Lipinski definition) is 3. The van der Waals surface area contributed by atoms with Gasteiger partial charge in [0.25, 0.3) is 5.91 Å². The normalized spacial score (nSPS) is 12.4. The number of nitrogens with zero attached hydrogens (tertiary/aromatic N) is 1. The van der Waals surface area contributed by atoms with Gasteiger partial charge in [-0.25, -0.2) is 5.43 Å². The highest BCUT2D eigenvalue weighted by Gasteiger charge is 2.26. The number of nitrogens with one attached hydrogen (secondary N) is 1. The summed E-state index contributed by atoms with van der Waals surface area (Å²) in [5.41, 5.74) is 4.89. The molecule has 0 fully saturated rings. The first-order valence-electron chi connectivity index (χ1n) is 8.90. The first-order valence-corrected chi connectivity index (χ1v) is 8.90. The van der Waals surface area contributed by atoms with E-state index in [4.69, 9.17) is 0 Å².